The van der Waals surface area contributed by atoms with E-state index in [2.05, 4.69) is 44.0 Å². The quantitative estimate of drug-likeness (QED) is 0.800. The number of hydrogen-bond acceptors (Lipinski definition) is 2. The minimum Gasteiger partial charge on any atom is -0.488 e. The fraction of sp³-hybridized carbons (Fsp3) is 0.600. The molecule has 2 nitrogen and oxygen atoms in total. The van der Waals surface area contributed by atoms with Gasteiger partial charge in [0.2, 0.25) is 0 Å². The summed E-state index contributed by atoms with van der Waals surface area (Å²) < 4.78 is 8.19. The summed E-state index contributed by atoms with van der Waals surface area (Å²) >= 11 is 7.24. The van der Waals surface area contributed by atoms with E-state index in [-0.39, 0.29) is 6.04 Å². The van der Waals surface area contributed by atoms with Crippen LogP contribution in [0.15, 0.2) is 21.1 Å². The Morgan fingerprint density at radius 3 is 2.32 bits per heavy atom. The number of rotatable bonds is 4. The SMILES string of the molecule is CC(N)Cc1cc(Br)c(OC2CCCCC2)c(Br)c1. The van der Waals surface area contributed by atoms with E-state index >= 15 is 0 Å². The Balaban J connectivity index is 2.11. The highest BCUT2D eigenvalue weighted by Crippen LogP contribution is 2.37. The van der Waals surface area contributed by atoms with E-state index in [9.17, 15) is 0 Å². The maximum absolute atomic E-state index is 6.15. The number of nitrogens with two attached hydrogens (primary N) is 1. The van der Waals surface area contributed by atoms with Crippen LogP contribution in [0.5, 0.6) is 5.75 Å². The van der Waals surface area contributed by atoms with Crippen LogP contribution < -0.4 is 10.5 Å². The van der Waals surface area contributed by atoms with Crippen LogP contribution >= 0.6 is 31.9 Å². The maximum atomic E-state index is 6.15. The minimum atomic E-state index is 0.170. The van der Waals surface area contributed by atoms with Gasteiger partial charge in [-0.05, 0) is 88.6 Å². The molecule has 0 aliphatic heterocycles. The molecule has 106 valence electrons. The van der Waals surface area contributed by atoms with Crippen molar-refractivity contribution in [2.24, 2.45) is 5.73 Å². The predicted molar refractivity (Wildman–Crippen MR) is 86.7 cm³/mol. The van der Waals surface area contributed by atoms with Crippen LogP contribution in [0.4, 0.5) is 0 Å². The first kappa shape index (κ1) is 15.3. The van der Waals surface area contributed by atoms with E-state index in [0.717, 1.165) is 21.1 Å². The lowest BCUT2D eigenvalue weighted by atomic mass is 9.98. The molecular weight excluding hydrogens is 370 g/mol. The summed E-state index contributed by atoms with van der Waals surface area (Å²) in [5, 5.41) is 0. The zero-order valence-corrected chi connectivity index (χ0v) is 14.5. The van der Waals surface area contributed by atoms with Crippen LogP contribution in [0.3, 0.4) is 0 Å². The van der Waals surface area contributed by atoms with Gasteiger partial charge in [0.1, 0.15) is 5.75 Å². The summed E-state index contributed by atoms with van der Waals surface area (Å²) in [6.07, 6.45) is 7.48. The molecular formula is C15H21Br2NO. The highest BCUT2D eigenvalue weighted by atomic mass is 79.9. The van der Waals surface area contributed by atoms with E-state index in [4.69, 9.17) is 10.5 Å². The number of benzene rings is 1. The second-order valence-corrected chi connectivity index (χ2v) is 7.16. The molecule has 2 N–H and O–H groups in total. The summed E-state index contributed by atoms with van der Waals surface area (Å²) in [5.74, 6) is 0.931. The highest BCUT2D eigenvalue weighted by molar-refractivity contribution is 9.11. The average Bonchev–Trinajstić information content (AvgIpc) is 2.34. The van der Waals surface area contributed by atoms with Gasteiger partial charge < -0.3 is 10.5 Å². The Hall–Kier alpha value is -0.0600. The summed E-state index contributed by atoms with van der Waals surface area (Å²) in [7, 11) is 0. The van der Waals surface area contributed by atoms with E-state index < -0.39 is 0 Å². The topological polar surface area (TPSA) is 35.2 Å². The Kier molecular flexibility index (Phi) is 5.72. The fourth-order valence-corrected chi connectivity index (χ4v) is 4.03. The Morgan fingerprint density at radius 1 is 1.21 bits per heavy atom. The van der Waals surface area contributed by atoms with Gasteiger partial charge in [0.25, 0.3) is 0 Å². The second kappa shape index (κ2) is 7.09. The van der Waals surface area contributed by atoms with Crippen molar-refractivity contribution < 1.29 is 4.74 Å². The van der Waals surface area contributed by atoms with Crippen molar-refractivity contribution in [2.75, 3.05) is 0 Å². The average molecular weight is 391 g/mol. The van der Waals surface area contributed by atoms with Gasteiger partial charge in [-0.1, -0.05) is 6.42 Å². The minimum absolute atomic E-state index is 0.170. The van der Waals surface area contributed by atoms with Crippen LogP contribution in [-0.4, -0.2) is 12.1 Å². The summed E-state index contributed by atoms with van der Waals surface area (Å²) in [6, 6.07) is 4.40. The normalized spacial score (nSPS) is 18.3. The number of hydrogen-bond donors (Lipinski definition) is 1. The molecule has 1 aliphatic rings. The van der Waals surface area contributed by atoms with Gasteiger partial charge >= 0.3 is 0 Å². The molecule has 1 fully saturated rings. The molecule has 1 aromatic carbocycles. The van der Waals surface area contributed by atoms with E-state index in [1.54, 1.807) is 0 Å². The van der Waals surface area contributed by atoms with Gasteiger partial charge in [0.15, 0.2) is 0 Å². The molecule has 1 atom stereocenters. The Bertz CT molecular complexity index is 405. The number of ether oxygens (including phenoxy) is 1. The monoisotopic (exact) mass is 389 g/mol. The zero-order chi connectivity index (χ0) is 13.8. The third-order valence-corrected chi connectivity index (χ3v) is 4.63. The van der Waals surface area contributed by atoms with Gasteiger partial charge in [-0.15, -0.1) is 0 Å². The standard InChI is InChI=1S/C15H21Br2NO/c1-10(18)7-11-8-13(16)15(14(17)9-11)19-12-5-3-2-4-6-12/h8-10,12H,2-7,18H2,1H3. The summed E-state index contributed by atoms with van der Waals surface area (Å²) in [6.45, 7) is 2.02. The van der Waals surface area contributed by atoms with E-state index in [0.29, 0.717) is 6.10 Å². The zero-order valence-electron chi connectivity index (χ0n) is 11.3. The third kappa shape index (κ3) is 4.47. The van der Waals surface area contributed by atoms with Gasteiger partial charge in [0, 0.05) is 6.04 Å². The first-order chi connectivity index (χ1) is 9.06. The molecule has 1 aromatic rings. The van der Waals surface area contributed by atoms with Gasteiger partial charge in [-0.2, -0.15) is 0 Å². The Morgan fingerprint density at radius 2 is 1.79 bits per heavy atom. The molecule has 0 spiro atoms. The molecule has 0 saturated heterocycles. The molecule has 19 heavy (non-hydrogen) atoms. The molecule has 1 saturated carbocycles. The molecule has 0 heterocycles. The van der Waals surface area contributed by atoms with Crippen molar-refractivity contribution >= 4 is 31.9 Å². The molecule has 4 heteroatoms. The van der Waals surface area contributed by atoms with Crippen molar-refractivity contribution in [3.63, 3.8) is 0 Å². The van der Waals surface area contributed by atoms with Crippen molar-refractivity contribution in [1.29, 1.82) is 0 Å². The lowest BCUT2D eigenvalue weighted by Crippen LogP contribution is -2.20. The smallest absolute Gasteiger partial charge is 0.148 e. The lowest BCUT2D eigenvalue weighted by molar-refractivity contribution is 0.153. The molecule has 2 rings (SSSR count). The van der Waals surface area contributed by atoms with Crippen LogP contribution in [0.1, 0.15) is 44.6 Å². The van der Waals surface area contributed by atoms with Gasteiger partial charge in [-0.3, -0.25) is 0 Å². The van der Waals surface area contributed by atoms with Crippen LogP contribution in [0.25, 0.3) is 0 Å². The first-order valence-corrected chi connectivity index (χ1v) is 8.55. The molecule has 0 aromatic heterocycles. The fourth-order valence-electron chi connectivity index (χ4n) is 2.56. The van der Waals surface area contributed by atoms with Crippen LogP contribution in [-0.2, 0) is 6.42 Å². The second-order valence-electron chi connectivity index (χ2n) is 5.45. The van der Waals surface area contributed by atoms with E-state index in [1.807, 2.05) is 6.92 Å². The molecule has 1 unspecified atom stereocenters. The largest absolute Gasteiger partial charge is 0.488 e. The maximum Gasteiger partial charge on any atom is 0.148 e. The van der Waals surface area contributed by atoms with Crippen LogP contribution in [0.2, 0.25) is 0 Å². The number of halogens is 2. The Labute approximate surface area is 132 Å². The molecule has 0 bridgehead atoms. The highest BCUT2D eigenvalue weighted by Gasteiger charge is 2.18. The summed E-state index contributed by atoms with van der Waals surface area (Å²) in [4.78, 5) is 0. The van der Waals surface area contributed by atoms with Gasteiger partial charge in [0.05, 0.1) is 15.0 Å². The van der Waals surface area contributed by atoms with Gasteiger partial charge in [-0.25, -0.2) is 0 Å². The third-order valence-electron chi connectivity index (χ3n) is 3.45. The van der Waals surface area contributed by atoms with Crippen molar-refractivity contribution in [3.8, 4) is 5.75 Å². The van der Waals surface area contributed by atoms with Crippen molar-refractivity contribution in [2.45, 2.75) is 57.6 Å². The lowest BCUT2D eigenvalue weighted by Gasteiger charge is -2.24. The molecule has 0 amide bonds. The first-order valence-electron chi connectivity index (χ1n) is 6.96. The van der Waals surface area contributed by atoms with Crippen molar-refractivity contribution in [1.82, 2.24) is 0 Å². The van der Waals surface area contributed by atoms with E-state index in [1.165, 1.54) is 37.7 Å². The molecule has 0 radical (unpaired) electrons. The predicted octanol–water partition coefficient (Wildman–Crippen LogP) is 4.81. The van der Waals surface area contributed by atoms with Crippen LogP contribution in [0, 0.1) is 0 Å². The van der Waals surface area contributed by atoms with Crippen molar-refractivity contribution in [3.05, 3.63) is 26.6 Å². The summed E-state index contributed by atoms with van der Waals surface area (Å²) in [5.41, 5.74) is 7.08. The molecule has 1 aliphatic carbocycles.